The summed E-state index contributed by atoms with van der Waals surface area (Å²) in [5.74, 6) is 0.902. The van der Waals surface area contributed by atoms with Crippen LogP contribution in [-0.2, 0) is 0 Å². The molecule has 2 N–H and O–H groups in total. The van der Waals surface area contributed by atoms with Crippen LogP contribution in [0.3, 0.4) is 0 Å². The summed E-state index contributed by atoms with van der Waals surface area (Å²) in [6.45, 7) is 0. The van der Waals surface area contributed by atoms with Gasteiger partial charge in [-0.25, -0.2) is 0 Å². The first-order chi connectivity index (χ1) is 6.33. The van der Waals surface area contributed by atoms with E-state index in [0.29, 0.717) is 0 Å². The molecule has 0 aromatic heterocycles. The lowest BCUT2D eigenvalue weighted by Gasteiger charge is -2.02. The van der Waals surface area contributed by atoms with Crippen molar-refractivity contribution in [1.29, 1.82) is 5.26 Å². The van der Waals surface area contributed by atoms with Gasteiger partial charge in [-0.3, -0.25) is 0 Å². The Kier molecular flexibility index (Phi) is 4.37. The van der Waals surface area contributed by atoms with E-state index in [9.17, 15) is 0 Å². The topological polar surface area (TPSA) is 49.8 Å². The second kappa shape index (κ2) is 5.63. The lowest BCUT2D eigenvalue weighted by atomic mass is 10.3. The molecular formula is C10H12N2S. The Hall–Kier alpha value is -0.980. The highest BCUT2D eigenvalue weighted by molar-refractivity contribution is 7.99. The van der Waals surface area contributed by atoms with E-state index in [0.717, 1.165) is 12.2 Å². The minimum Gasteiger partial charge on any atom is -0.316 e. The fraction of sp³-hybridized carbons (Fsp3) is 0.300. The molecule has 0 saturated carbocycles. The number of hydrogen-bond donors (Lipinski definition) is 1. The van der Waals surface area contributed by atoms with Crippen LogP contribution in [0.4, 0.5) is 0 Å². The second-order valence-electron chi connectivity index (χ2n) is 2.69. The number of rotatable bonds is 4. The minimum absolute atomic E-state index is 0.323. The number of benzene rings is 1. The van der Waals surface area contributed by atoms with Crippen molar-refractivity contribution in [1.82, 2.24) is 0 Å². The molecule has 3 heteroatoms. The lowest BCUT2D eigenvalue weighted by Crippen LogP contribution is -2.17. The average Bonchev–Trinajstić information content (AvgIpc) is 2.19. The van der Waals surface area contributed by atoms with Gasteiger partial charge in [0.25, 0.3) is 0 Å². The van der Waals surface area contributed by atoms with Gasteiger partial charge in [0.2, 0.25) is 0 Å². The highest BCUT2D eigenvalue weighted by Gasteiger charge is 1.99. The van der Waals surface area contributed by atoms with Crippen molar-refractivity contribution in [2.75, 3.05) is 5.75 Å². The van der Waals surface area contributed by atoms with Gasteiger partial charge < -0.3 is 5.73 Å². The Bertz CT molecular complexity index is 279. The molecule has 0 bridgehead atoms. The lowest BCUT2D eigenvalue weighted by molar-refractivity contribution is 0.803. The van der Waals surface area contributed by atoms with Crippen molar-refractivity contribution in [2.45, 2.75) is 17.4 Å². The van der Waals surface area contributed by atoms with Gasteiger partial charge in [0.05, 0.1) is 12.1 Å². The molecule has 0 fully saturated rings. The van der Waals surface area contributed by atoms with E-state index < -0.39 is 0 Å². The van der Waals surface area contributed by atoms with Crippen molar-refractivity contribution in [3.8, 4) is 6.07 Å². The maximum atomic E-state index is 8.45. The van der Waals surface area contributed by atoms with Crippen LogP contribution in [0.15, 0.2) is 35.2 Å². The molecule has 1 aromatic carbocycles. The number of nitrogens with zero attached hydrogens (tertiary/aromatic N) is 1. The van der Waals surface area contributed by atoms with Crippen molar-refractivity contribution >= 4 is 11.8 Å². The van der Waals surface area contributed by atoms with Gasteiger partial charge in [-0.1, -0.05) is 18.2 Å². The molecule has 0 heterocycles. The van der Waals surface area contributed by atoms with Crippen LogP contribution >= 0.6 is 11.8 Å². The molecule has 1 rings (SSSR count). The maximum absolute atomic E-state index is 8.45. The number of hydrogen-bond acceptors (Lipinski definition) is 3. The Labute approximate surface area is 82.7 Å². The molecule has 1 atom stereocenters. The third-order valence-corrected chi connectivity index (χ3v) is 2.65. The quantitative estimate of drug-likeness (QED) is 0.742. The molecule has 2 nitrogen and oxygen atoms in total. The van der Waals surface area contributed by atoms with Gasteiger partial charge in [-0.2, -0.15) is 5.26 Å². The maximum Gasteiger partial charge on any atom is 0.0936 e. The number of nitriles is 1. The molecule has 0 spiro atoms. The zero-order chi connectivity index (χ0) is 9.52. The van der Waals surface area contributed by atoms with Gasteiger partial charge in [-0.05, 0) is 18.6 Å². The van der Waals surface area contributed by atoms with Crippen LogP contribution in [0.5, 0.6) is 0 Å². The molecule has 0 aliphatic carbocycles. The van der Waals surface area contributed by atoms with E-state index in [1.807, 2.05) is 24.3 Å². The summed E-state index contributed by atoms with van der Waals surface area (Å²) in [6, 6.07) is 11.8. The smallest absolute Gasteiger partial charge is 0.0936 e. The van der Waals surface area contributed by atoms with Gasteiger partial charge in [0, 0.05) is 10.6 Å². The normalized spacial score (nSPS) is 12.0. The Morgan fingerprint density at radius 2 is 2.08 bits per heavy atom. The fourth-order valence-electron chi connectivity index (χ4n) is 0.885. The monoisotopic (exact) mass is 192 g/mol. The van der Waals surface area contributed by atoms with Gasteiger partial charge in [-0.15, -0.1) is 11.8 Å². The molecule has 13 heavy (non-hydrogen) atoms. The molecule has 0 aliphatic rings. The molecule has 1 unspecified atom stereocenters. The predicted molar refractivity (Wildman–Crippen MR) is 55.4 cm³/mol. The summed E-state index contributed by atoms with van der Waals surface area (Å²) >= 11 is 1.73. The highest BCUT2D eigenvalue weighted by atomic mass is 32.2. The molecule has 0 aliphatic heterocycles. The van der Waals surface area contributed by atoms with Crippen LogP contribution in [0, 0.1) is 11.3 Å². The van der Waals surface area contributed by atoms with Crippen molar-refractivity contribution < 1.29 is 0 Å². The van der Waals surface area contributed by atoms with Gasteiger partial charge in [0.1, 0.15) is 0 Å². The van der Waals surface area contributed by atoms with E-state index >= 15 is 0 Å². The summed E-state index contributed by atoms with van der Waals surface area (Å²) in [5.41, 5.74) is 5.46. The van der Waals surface area contributed by atoms with E-state index in [4.69, 9.17) is 11.0 Å². The third-order valence-electron chi connectivity index (χ3n) is 1.61. The Balaban J connectivity index is 2.25. The highest BCUT2D eigenvalue weighted by Crippen LogP contribution is 2.17. The summed E-state index contributed by atoms with van der Waals surface area (Å²) in [4.78, 5) is 1.23. The summed E-state index contributed by atoms with van der Waals surface area (Å²) in [7, 11) is 0. The zero-order valence-corrected chi connectivity index (χ0v) is 8.13. The van der Waals surface area contributed by atoms with E-state index in [1.165, 1.54) is 4.90 Å². The van der Waals surface area contributed by atoms with Crippen molar-refractivity contribution in [3.63, 3.8) is 0 Å². The summed E-state index contributed by atoms with van der Waals surface area (Å²) in [5, 5.41) is 8.45. The summed E-state index contributed by atoms with van der Waals surface area (Å²) < 4.78 is 0. The van der Waals surface area contributed by atoms with Gasteiger partial charge in [0.15, 0.2) is 0 Å². The molecule has 0 saturated heterocycles. The Morgan fingerprint density at radius 1 is 1.38 bits per heavy atom. The SMILES string of the molecule is N#CC(N)CCSc1ccccc1. The van der Waals surface area contributed by atoms with Crippen LogP contribution in [0.1, 0.15) is 6.42 Å². The van der Waals surface area contributed by atoms with Crippen LogP contribution in [-0.4, -0.2) is 11.8 Å². The molecule has 68 valence electrons. The zero-order valence-electron chi connectivity index (χ0n) is 7.31. The first-order valence-electron chi connectivity index (χ1n) is 4.16. The van der Waals surface area contributed by atoms with Crippen molar-refractivity contribution in [3.05, 3.63) is 30.3 Å². The largest absolute Gasteiger partial charge is 0.316 e. The van der Waals surface area contributed by atoms with Crippen molar-refractivity contribution in [2.24, 2.45) is 5.73 Å². The second-order valence-corrected chi connectivity index (χ2v) is 3.85. The number of nitrogens with two attached hydrogens (primary N) is 1. The number of thioether (sulfide) groups is 1. The average molecular weight is 192 g/mol. The summed E-state index contributed by atoms with van der Waals surface area (Å²) in [6.07, 6.45) is 0.746. The van der Waals surface area contributed by atoms with Gasteiger partial charge >= 0.3 is 0 Å². The first kappa shape index (κ1) is 10.1. The van der Waals surface area contributed by atoms with E-state index in [1.54, 1.807) is 11.8 Å². The van der Waals surface area contributed by atoms with Crippen LogP contribution < -0.4 is 5.73 Å². The van der Waals surface area contributed by atoms with E-state index in [-0.39, 0.29) is 6.04 Å². The van der Waals surface area contributed by atoms with Crippen LogP contribution in [0.2, 0.25) is 0 Å². The predicted octanol–water partition coefficient (Wildman–Crippen LogP) is 2.02. The molecule has 0 amide bonds. The van der Waals surface area contributed by atoms with E-state index in [2.05, 4.69) is 12.1 Å². The molecular weight excluding hydrogens is 180 g/mol. The fourth-order valence-corrected chi connectivity index (χ4v) is 1.84. The van der Waals surface area contributed by atoms with Crippen LogP contribution in [0.25, 0.3) is 0 Å². The first-order valence-corrected chi connectivity index (χ1v) is 5.14. The minimum atomic E-state index is -0.323. The Morgan fingerprint density at radius 3 is 2.69 bits per heavy atom. The molecule has 0 radical (unpaired) electrons. The molecule has 1 aromatic rings. The standard InChI is InChI=1S/C10H12N2S/c11-8-9(12)6-7-13-10-4-2-1-3-5-10/h1-5,9H,6-7,12H2. The third kappa shape index (κ3) is 3.97.